The first-order valence-electron chi connectivity index (χ1n) is 3.34. The van der Waals surface area contributed by atoms with Crippen molar-refractivity contribution in [2.45, 2.75) is 6.42 Å². The zero-order valence-electron chi connectivity index (χ0n) is 6.83. The van der Waals surface area contributed by atoms with Gasteiger partial charge in [0.25, 0.3) is 0 Å². The van der Waals surface area contributed by atoms with Crippen molar-refractivity contribution in [3.8, 4) is 0 Å². The molecule has 0 aromatic rings. The molecule has 0 rings (SSSR count). The third kappa shape index (κ3) is 4.20. The number of nitrogens with zero attached hydrogens (tertiary/aromatic N) is 2. The lowest BCUT2D eigenvalue weighted by Gasteiger charge is -2.12. The summed E-state index contributed by atoms with van der Waals surface area (Å²) < 4.78 is 4.45. The van der Waals surface area contributed by atoms with Gasteiger partial charge in [0, 0.05) is 20.0 Å². The summed E-state index contributed by atoms with van der Waals surface area (Å²) in [5, 5.41) is 0. The molecule has 0 saturated heterocycles. The van der Waals surface area contributed by atoms with Gasteiger partial charge >= 0.3 is 6.09 Å². The van der Waals surface area contributed by atoms with E-state index in [4.69, 9.17) is 6.57 Å². The Hall–Kier alpha value is -1.24. The van der Waals surface area contributed by atoms with Gasteiger partial charge in [0.2, 0.25) is 6.54 Å². The van der Waals surface area contributed by atoms with Crippen molar-refractivity contribution >= 4 is 6.09 Å². The van der Waals surface area contributed by atoms with Gasteiger partial charge in [-0.1, -0.05) is 0 Å². The fraction of sp³-hybridized carbons (Fsp3) is 0.714. The van der Waals surface area contributed by atoms with E-state index < -0.39 is 0 Å². The number of rotatable bonds is 3. The normalized spacial score (nSPS) is 8.45. The Bertz CT molecular complexity index is 162. The topological polar surface area (TPSA) is 33.9 Å². The van der Waals surface area contributed by atoms with Crippen LogP contribution in [0.2, 0.25) is 0 Å². The van der Waals surface area contributed by atoms with Crippen LogP contribution in [0.1, 0.15) is 6.42 Å². The summed E-state index contributed by atoms with van der Waals surface area (Å²) in [6.45, 7) is 7.53. The first kappa shape index (κ1) is 9.76. The second kappa shape index (κ2) is 5.54. The standard InChI is InChI=1S/C7H12N2O2/c1-8-5-4-6-9(2)7(10)11-3/h4-6H2,2-3H3. The summed E-state index contributed by atoms with van der Waals surface area (Å²) in [6, 6.07) is 0. The molecule has 0 bridgehead atoms. The summed E-state index contributed by atoms with van der Waals surface area (Å²) in [5.74, 6) is 0. The lowest BCUT2D eigenvalue weighted by molar-refractivity contribution is 0.133. The molecule has 0 heterocycles. The molecule has 0 saturated carbocycles. The highest BCUT2D eigenvalue weighted by atomic mass is 16.5. The molecule has 0 spiro atoms. The SMILES string of the molecule is [C-]#[N+]CCCN(C)C(=O)OC. The Kier molecular flexibility index (Phi) is 4.91. The van der Waals surface area contributed by atoms with Crippen molar-refractivity contribution in [2.24, 2.45) is 0 Å². The maximum Gasteiger partial charge on any atom is 0.409 e. The van der Waals surface area contributed by atoms with Gasteiger partial charge in [0.15, 0.2) is 0 Å². The van der Waals surface area contributed by atoms with Crippen LogP contribution in [0.5, 0.6) is 0 Å². The second-order valence-electron chi connectivity index (χ2n) is 2.13. The number of amides is 1. The molecule has 4 nitrogen and oxygen atoms in total. The van der Waals surface area contributed by atoms with E-state index in [1.54, 1.807) is 7.05 Å². The average Bonchev–Trinajstić information content (AvgIpc) is 2.03. The van der Waals surface area contributed by atoms with Crippen LogP contribution in [0, 0.1) is 6.57 Å². The quantitative estimate of drug-likeness (QED) is 0.451. The third-order valence-electron chi connectivity index (χ3n) is 1.25. The van der Waals surface area contributed by atoms with Crippen molar-refractivity contribution in [3.05, 3.63) is 11.4 Å². The van der Waals surface area contributed by atoms with Crippen molar-refractivity contribution in [3.63, 3.8) is 0 Å². The third-order valence-corrected chi connectivity index (χ3v) is 1.25. The average molecular weight is 156 g/mol. The van der Waals surface area contributed by atoms with Gasteiger partial charge in [0.05, 0.1) is 7.11 Å². The molecule has 0 radical (unpaired) electrons. The molecule has 4 heteroatoms. The van der Waals surface area contributed by atoms with Crippen LogP contribution in [-0.2, 0) is 4.74 Å². The monoisotopic (exact) mass is 156 g/mol. The van der Waals surface area contributed by atoms with E-state index in [1.807, 2.05) is 0 Å². The minimum atomic E-state index is -0.352. The maximum absolute atomic E-state index is 10.7. The molecule has 0 fully saturated rings. The lowest BCUT2D eigenvalue weighted by Crippen LogP contribution is -2.27. The minimum absolute atomic E-state index is 0.352. The van der Waals surface area contributed by atoms with Crippen molar-refractivity contribution in [2.75, 3.05) is 27.2 Å². The second-order valence-corrected chi connectivity index (χ2v) is 2.13. The first-order chi connectivity index (χ1) is 5.22. The molecule has 0 aliphatic heterocycles. The van der Waals surface area contributed by atoms with E-state index in [0.29, 0.717) is 19.5 Å². The van der Waals surface area contributed by atoms with Gasteiger partial charge in [0.1, 0.15) is 0 Å². The van der Waals surface area contributed by atoms with E-state index in [-0.39, 0.29) is 6.09 Å². The molecule has 0 aliphatic rings. The summed E-state index contributed by atoms with van der Waals surface area (Å²) in [7, 11) is 2.99. The minimum Gasteiger partial charge on any atom is -0.453 e. The summed E-state index contributed by atoms with van der Waals surface area (Å²) >= 11 is 0. The zero-order valence-corrected chi connectivity index (χ0v) is 6.83. The smallest absolute Gasteiger partial charge is 0.409 e. The maximum atomic E-state index is 10.7. The van der Waals surface area contributed by atoms with Gasteiger partial charge in [-0.2, -0.15) is 0 Å². The number of methoxy groups -OCH3 is 1. The molecular formula is C7H12N2O2. The first-order valence-corrected chi connectivity index (χ1v) is 3.34. The summed E-state index contributed by atoms with van der Waals surface area (Å²) in [5.41, 5.74) is 0. The Morgan fingerprint density at radius 2 is 2.36 bits per heavy atom. The Morgan fingerprint density at radius 3 is 2.82 bits per heavy atom. The number of ether oxygens (including phenoxy) is 1. The van der Waals surface area contributed by atoms with E-state index in [9.17, 15) is 4.79 Å². The van der Waals surface area contributed by atoms with Gasteiger partial charge in [-0.15, -0.1) is 0 Å². The number of carbonyl (C=O) groups excluding carboxylic acids is 1. The number of hydrogen-bond acceptors (Lipinski definition) is 2. The Labute approximate surface area is 66.6 Å². The van der Waals surface area contributed by atoms with Crippen LogP contribution in [0.4, 0.5) is 4.79 Å². The zero-order chi connectivity index (χ0) is 8.69. The van der Waals surface area contributed by atoms with Crippen LogP contribution < -0.4 is 0 Å². The van der Waals surface area contributed by atoms with Crippen molar-refractivity contribution in [1.29, 1.82) is 0 Å². The van der Waals surface area contributed by atoms with Crippen LogP contribution in [0.25, 0.3) is 4.85 Å². The van der Waals surface area contributed by atoms with Crippen molar-refractivity contribution in [1.82, 2.24) is 4.90 Å². The number of hydrogen-bond donors (Lipinski definition) is 0. The predicted molar refractivity (Wildman–Crippen MR) is 41.1 cm³/mol. The molecule has 0 atom stereocenters. The van der Waals surface area contributed by atoms with E-state index >= 15 is 0 Å². The molecular weight excluding hydrogens is 144 g/mol. The molecule has 11 heavy (non-hydrogen) atoms. The molecule has 0 aromatic carbocycles. The molecule has 0 aliphatic carbocycles. The van der Waals surface area contributed by atoms with Gasteiger partial charge in [-0.25, -0.2) is 11.4 Å². The van der Waals surface area contributed by atoms with Crippen LogP contribution in [0.15, 0.2) is 0 Å². The Balaban J connectivity index is 3.45. The van der Waals surface area contributed by atoms with Gasteiger partial charge in [-0.05, 0) is 0 Å². The number of carbonyl (C=O) groups is 1. The largest absolute Gasteiger partial charge is 0.453 e. The highest BCUT2D eigenvalue weighted by molar-refractivity contribution is 5.66. The fourth-order valence-electron chi connectivity index (χ4n) is 0.634. The predicted octanol–water partition coefficient (Wildman–Crippen LogP) is 0.994. The summed E-state index contributed by atoms with van der Waals surface area (Å²) in [4.78, 5) is 15.3. The Morgan fingerprint density at radius 1 is 1.73 bits per heavy atom. The fourth-order valence-corrected chi connectivity index (χ4v) is 0.634. The van der Waals surface area contributed by atoms with Crippen LogP contribution in [0.3, 0.4) is 0 Å². The molecule has 1 amide bonds. The van der Waals surface area contributed by atoms with Crippen molar-refractivity contribution < 1.29 is 9.53 Å². The highest BCUT2D eigenvalue weighted by Crippen LogP contribution is 1.91. The van der Waals surface area contributed by atoms with Crippen LogP contribution in [-0.4, -0.2) is 38.2 Å². The van der Waals surface area contributed by atoms with Crippen LogP contribution >= 0.6 is 0 Å². The van der Waals surface area contributed by atoms with E-state index in [0.717, 1.165) is 0 Å². The highest BCUT2D eigenvalue weighted by Gasteiger charge is 2.06. The van der Waals surface area contributed by atoms with E-state index in [1.165, 1.54) is 12.0 Å². The molecule has 0 unspecified atom stereocenters. The molecule has 0 N–H and O–H groups in total. The van der Waals surface area contributed by atoms with Gasteiger partial charge < -0.3 is 14.5 Å². The summed E-state index contributed by atoms with van der Waals surface area (Å²) in [6.07, 6.45) is 0.352. The molecule has 62 valence electrons. The van der Waals surface area contributed by atoms with Gasteiger partial charge in [-0.3, -0.25) is 0 Å². The lowest BCUT2D eigenvalue weighted by atomic mass is 10.4. The molecule has 0 aromatic heterocycles. The van der Waals surface area contributed by atoms with E-state index in [2.05, 4.69) is 9.58 Å².